The van der Waals surface area contributed by atoms with E-state index in [1.165, 1.54) is 20.8 Å². The summed E-state index contributed by atoms with van der Waals surface area (Å²) >= 11 is 0. The number of hydrogen-bond acceptors (Lipinski definition) is 3. The summed E-state index contributed by atoms with van der Waals surface area (Å²) in [5.74, 6) is -2.79. The summed E-state index contributed by atoms with van der Waals surface area (Å²) in [7, 11) is 0. The Morgan fingerprint density at radius 1 is 1.18 bits per heavy atom. The summed E-state index contributed by atoms with van der Waals surface area (Å²) in [6, 6.07) is 0. The molecular formula is C10H13F3O4. The van der Waals surface area contributed by atoms with Crippen molar-refractivity contribution in [3.63, 3.8) is 0 Å². The largest absolute Gasteiger partial charge is 0.478 e. The van der Waals surface area contributed by atoms with Crippen LogP contribution in [0.4, 0.5) is 13.2 Å². The molecule has 0 aliphatic carbocycles. The first-order chi connectivity index (χ1) is 7.44. The Bertz CT molecular complexity index is 311. The molecule has 0 saturated heterocycles. The van der Waals surface area contributed by atoms with Gasteiger partial charge in [0.2, 0.25) is 6.10 Å². The third-order valence-corrected chi connectivity index (χ3v) is 1.68. The summed E-state index contributed by atoms with van der Waals surface area (Å²) in [6.07, 6.45) is -6.14. The summed E-state index contributed by atoms with van der Waals surface area (Å²) < 4.78 is 41.9. The third-order valence-electron chi connectivity index (χ3n) is 1.68. The van der Waals surface area contributed by atoms with E-state index in [0.717, 1.165) is 0 Å². The Morgan fingerprint density at radius 3 is 1.94 bits per heavy atom. The topological polar surface area (TPSA) is 63.6 Å². The van der Waals surface area contributed by atoms with Gasteiger partial charge in [-0.15, -0.1) is 0 Å². The van der Waals surface area contributed by atoms with Crippen LogP contribution >= 0.6 is 0 Å². The van der Waals surface area contributed by atoms with Crippen LogP contribution < -0.4 is 0 Å². The molecule has 0 fully saturated rings. The number of rotatable bonds is 3. The van der Waals surface area contributed by atoms with E-state index >= 15 is 0 Å². The van der Waals surface area contributed by atoms with Crippen molar-refractivity contribution in [2.75, 3.05) is 0 Å². The first-order valence-electron chi connectivity index (χ1n) is 4.63. The molecule has 0 aromatic carbocycles. The molecule has 0 spiro atoms. The lowest BCUT2D eigenvalue weighted by molar-refractivity contribution is -0.242. The fourth-order valence-corrected chi connectivity index (χ4v) is 1.03. The second-order valence-corrected chi connectivity index (χ2v) is 4.40. The van der Waals surface area contributed by atoms with E-state index in [2.05, 4.69) is 4.74 Å². The molecule has 7 heteroatoms. The molecule has 0 heterocycles. The molecule has 1 unspecified atom stereocenters. The average molecular weight is 254 g/mol. The van der Waals surface area contributed by atoms with Crippen molar-refractivity contribution in [1.82, 2.24) is 0 Å². The predicted molar refractivity (Wildman–Crippen MR) is 52.2 cm³/mol. The van der Waals surface area contributed by atoms with E-state index in [4.69, 9.17) is 5.11 Å². The highest BCUT2D eigenvalue weighted by molar-refractivity contribution is 5.90. The molecule has 0 aliphatic heterocycles. The van der Waals surface area contributed by atoms with Gasteiger partial charge in [0.1, 0.15) is 0 Å². The molecule has 0 rings (SSSR count). The van der Waals surface area contributed by atoms with Crippen LogP contribution in [0.5, 0.6) is 0 Å². The maximum atomic E-state index is 12.6. The van der Waals surface area contributed by atoms with Crippen molar-refractivity contribution in [3.8, 4) is 0 Å². The maximum Gasteiger partial charge on any atom is 0.426 e. The molecule has 17 heavy (non-hydrogen) atoms. The van der Waals surface area contributed by atoms with Gasteiger partial charge in [0.25, 0.3) is 0 Å². The number of carbonyl (C=O) groups is 2. The molecule has 0 aliphatic rings. The van der Waals surface area contributed by atoms with Crippen molar-refractivity contribution in [2.45, 2.75) is 33.1 Å². The lowest BCUT2D eigenvalue weighted by Gasteiger charge is -2.31. The molecule has 0 amide bonds. The van der Waals surface area contributed by atoms with Crippen LogP contribution in [-0.2, 0) is 14.3 Å². The Morgan fingerprint density at radius 2 is 1.65 bits per heavy atom. The third kappa shape index (κ3) is 5.94. The van der Waals surface area contributed by atoms with E-state index in [0.29, 0.717) is 12.2 Å². The van der Waals surface area contributed by atoms with E-state index in [-0.39, 0.29) is 0 Å². The summed E-state index contributed by atoms with van der Waals surface area (Å²) in [5, 5.41) is 8.20. The summed E-state index contributed by atoms with van der Waals surface area (Å²) in [4.78, 5) is 21.0. The monoisotopic (exact) mass is 254 g/mol. The van der Waals surface area contributed by atoms with E-state index in [1.807, 2.05) is 0 Å². The first kappa shape index (κ1) is 15.5. The maximum absolute atomic E-state index is 12.6. The van der Waals surface area contributed by atoms with Crippen molar-refractivity contribution < 1.29 is 32.6 Å². The number of carbonyl (C=O) groups excluding carboxylic acids is 1. The van der Waals surface area contributed by atoms with Crippen LogP contribution in [0.1, 0.15) is 20.8 Å². The molecule has 1 atom stereocenters. The minimum atomic E-state index is -4.70. The van der Waals surface area contributed by atoms with Gasteiger partial charge in [-0.25, -0.2) is 9.59 Å². The fraction of sp³-hybridized carbons (Fsp3) is 0.600. The van der Waals surface area contributed by atoms with Crippen LogP contribution in [-0.4, -0.2) is 29.3 Å². The van der Waals surface area contributed by atoms with Crippen LogP contribution in [0.2, 0.25) is 0 Å². The first-order valence-corrected chi connectivity index (χ1v) is 4.63. The molecule has 0 aromatic heterocycles. The zero-order valence-corrected chi connectivity index (χ0v) is 9.54. The number of carboxylic acid groups (broad SMARTS) is 1. The zero-order chi connectivity index (χ0) is 13.9. The molecule has 0 saturated carbocycles. The number of carboxylic acids is 1. The molecule has 0 bridgehead atoms. The highest BCUT2D eigenvalue weighted by Gasteiger charge is 2.49. The van der Waals surface area contributed by atoms with Crippen molar-refractivity contribution in [1.29, 1.82) is 0 Å². The van der Waals surface area contributed by atoms with Crippen LogP contribution in [0.25, 0.3) is 0 Å². The highest BCUT2D eigenvalue weighted by Crippen LogP contribution is 2.35. The average Bonchev–Trinajstić information content (AvgIpc) is 2.07. The standard InChI is InChI=1S/C10H13F3O4/c1-9(2,3)8(10(11,12)13)17-7(16)5-4-6(14)15/h4-5,8H,1-3H3,(H,14,15). The van der Waals surface area contributed by atoms with E-state index in [9.17, 15) is 22.8 Å². The molecule has 98 valence electrons. The van der Waals surface area contributed by atoms with Gasteiger partial charge < -0.3 is 9.84 Å². The van der Waals surface area contributed by atoms with Gasteiger partial charge in [-0.1, -0.05) is 20.8 Å². The minimum Gasteiger partial charge on any atom is -0.478 e. The second kappa shape index (κ2) is 5.20. The van der Waals surface area contributed by atoms with Crippen LogP contribution in [0.3, 0.4) is 0 Å². The lowest BCUT2D eigenvalue weighted by Crippen LogP contribution is -2.43. The molecule has 4 nitrogen and oxygen atoms in total. The molecule has 0 aromatic rings. The molecule has 1 N–H and O–H groups in total. The quantitative estimate of drug-likeness (QED) is 0.619. The van der Waals surface area contributed by atoms with Crippen LogP contribution in [0.15, 0.2) is 12.2 Å². The summed E-state index contributed by atoms with van der Waals surface area (Å²) in [5.41, 5.74) is -1.33. The Labute approximate surface area is 96.1 Å². The van der Waals surface area contributed by atoms with Gasteiger partial charge in [0.05, 0.1) is 0 Å². The van der Waals surface area contributed by atoms with Gasteiger partial charge in [0, 0.05) is 17.6 Å². The van der Waals surface area contributed by atoms with Crippen molar-refractivity contribution in [2.24, 2.45) is 5.41 Å². The number of alkyl halides is 3. The number of esters is 1. The number of aliphatic carboxylic acids is 1. The molecule has 0 radical (unpaired) electrons. The van der Waals surface area contributed by atoms with Crippen molar-refractivity contribution >= 4 is 11.9 Å². The van der Waals surface area contributed by atoms with E-state index < -0.39 is 29.6 Å². The second-order valence-electron chi connectivity index (χ2n) is 4.40. The normalized spacial score (nSPS) is 14.7. The predicted octanol–water partition coefficient (Wildman–Crippen LogP) is 2.15. The number of halogens is 3. The SMILES string of the molecule is CC(C)(C)C(OC(=O)C=CC(=O)O)C(F)(F)F. The van der Waals surface area contributed by atoms with Gasteiger partial charge >= 0.3 is 18.1 Å². The lowest BCUT2D eigenvalue weighted by atomic mass is 9.88. The molecular weight excluding hydrogens is 241 g/mol. The number of ether oxygens (including phenoxy) is 1. The van der Waals surface area contributed by atoms with Gasteiger partial charge in [-0.05, 0) is 0 Å². The fourth-order valence-electron chi connectivity index (χ4n) is 1.03. The van der Waals surface area contributed by atoms with Gasteiger partial charge in [-0.2, -0.15) is 13.2 Å². The van der Waals surface area contributed by atoms with Gasteiger partial charge in [0.15, 0.2) is 0 Å². The van der Waals surface area contributed by atoms with Crippen molar-refractivity contribution in [3.05, 3.63) is 12.2 Å². The zero-order valence-electron chi connectivity index (χ0n) is 9.54. The van der Waals surface area contributed by atoms with Gasteiger partial charge in [-0.3, -0.25) is 0 Å². The summed E-state index contributed by atoms with van der Waals surface area (Å²) in [6.45, 7) is 3.79. The Kier molecular flexibility index (Phi) is 4.73. The smallest absolute Gasteiger partial charge is 0.426 e. The van der Waals surface area contributed by atoms with E-state index in [1.54, 1.807) is 0 Å². The van der Waals surface area contributed by atoms with Crippen LogP contribution in [0, 0.1) is 5.41 Å². The Balaban J connectivity index is 4.80. The number of hydrogen-bond donors (Lipinski definition) is 1. The minimum absolute atomic E-state index is 0.415. The Hall–Kier alpha value is -1.53. The highest BCUT2D eigenvalue weighted by atomic mass is 19.4.